The molecule has 4 heteroatoms. The Morgan fingerprint density at radius 1 is 0.600 bits per heavy atom. The van der Waals surface area contributed by atoms with Crippen LogP contribution in [0.15, 0.2) is 103 Å². The van der Waals surface area contributed by atoms with Crippen molar-refractivity contribution < 1.29 is 0 Å². The predicted molar refractivity (Wildman–Crippen MR) is 148 cm³/mol. The highest BCUT2D eigenvalue weighted by molar-refractivity contribution is 5.51. The lowest BCUT2D eigenvalue weighted by molar-refractivity contribution is 0.491. The first-order valence-electron chi connectivity index (χ1n) is 11.2. The second-order valence-electron chi connectivity index (χ2n) is 8.24. The molecule has 0 spiro atoms. The van der Waals surface area contributed by atoms with E-state index in [4.69, 9.17) is 0 Å². The van der Waals surface area contributed by atoms with E-state index in [1.165, 1.54) is 16.7 Å². The lowest BCUT2D eigenvalue weighted by Gasteiger charge is -2.39. The zero-order valence-corrected chi connectivity index (χ0v) is 19.7. The first-order valence-corrected chi connectivity index (χ1v) is 11.2. The summed E-state index contributed by atoms with van der Waals surface area (Å²) in [6, 6.07) is 32.1. The van der Waals surface area contributed by atoms with Crippen LogP contribution < -0.4 is 0 Å². The molecular formula is C31H38N4. The van der Waals surface area contributed by atoms with Crippen LogP contribution in [-0.4, -0.2) is 19.5 Å². The van der Waals surface area contributed by atoms with E-state index >= 15 is 0 Å². The zero-order chi connectivity index (χ0) is 23.3. The van der Waals surface area contributed by atoms with Gasteiger partial charge in [-0.25, -0.2) is 9.97 Å². The molecule has 4 nitrogen and oxygen atoms in total. The molecule has 2 aromatic heterocycles. The number of aromatic nitrogens is 4. The standard InChI is InChI=1S/C24H22N2.C5H8N2.2CH4/c1-19-18-25-20(2)26(19)24(21-12-6-3-7-13-21,22-14-8-4-9-15-22)23-16-10-5-11-17-23;1-4-3-6-5(2)7-4;;/h3-18H,1-2H3;3H,1-2H3,(H,6,7);2*1H4. The molecule has 0 bridgehead atoms. The molecule has 5 rings (SSSR count). The number of hydrogen-bond donors (Lipinski definition) is 1. The molecule has 5 aromatic rings. The maximum Gasteiger partial charge on any atom is 0.122 e. The van der Waals surface area contributed by atoms with Crippen LogP contribution >= 0.6 is 0 Å². The highest BCUT2D eigenvalue weighted by Crippen LogP contribution is 2.42. The smallest absolute Gasteiger partial charge is 0.122 e. The van der Waals surface area contributed by atoms with E-state index < -0.39 is 5.54 Å². The molecule has 0 radical (unpaired) electrons. The lowest BCUT2D eigenvalue weighted by atomic mass is 9.76. The first-order chi connectivity index (χ1) is 16.0. The Labute approximate surface area is 210 Å². The third-order valence-electron chi connectivity index (χ3n) is 5.85. The molecule has 0 atom stereocenters. The monoisotopic (exact) mass is 466 g/mol. The van der Waals surface area contributed by atoms with E-state index in [0.717, 1.165) is 23.0 Å². The summed E-state index contributed by atoms with van der Waals surface area (Å²) in [5.41, 5.74) is 5.47. The van der Waals surface area contributed by atoms with Crippen molar-refractivity contribution in [2.24, 2.45) is 0 Å². The van der Waals surface area contributed by atoms with Gasteiger partial charge in [0.05, 0.1) is 0 Å². The number of aromatic amines is 1. The fraction of sp³-hybridized carbons (Fsp3) is 0.226. The van der Waals surface area contributed by atoms with Gasteiger partial charge in [0.1, 0.15) is 17.2 Å². The van der Waals surface area contributed by atoms with Crippen LogP contribution in [0.3, 0.4) is 0 Å². The van der Waals surface area contributed by atoms with Crippen molar-refractivity contribution in [1.29, 1.82) is 0 Å². The molecular weight excluding hydrogens is 428 g/mol. The summed E-state index contributed by atoms with van der Waals surface area (Å²) in [5.74, 6) is 1.98. The van der Waals surface area contributed by atoms with Gasteiger partial charge >= 0.3 is 0 Å². The van der Waals surface area contributed by atoms with Gasteiger partial charge in [-0.3, -0.25) is 0 Å². The number of H-pyrrole nitrogens is 1. The number of hydrogen-bond acceptors (Lipinski definition) is 2. The average molecular weight is 467 g/mol. The number of rotatable bonds is 4. The summed E-state index contributed by atoms with van der Waals surface area (Å²) in [6.45, 7) is 8.13. The molecule has 0 fully saturated rings. The molecule has 0 unspecified atom stereocenters. The Morgan fingerprint density at radius 3 is 1.29 bits per heavy atom. The van der Waals surface area contributed by atoms with Crippen molar-refractivity contribution >= 4 is 0 Å². The summed E-state index contributed by atoms with van der Waals surface area (Å²) in [7, 11) is 0. The molecule has 35 heavy (non-hydrogen) atoms. The van der Waals surface area contributed by atoms with Crippen molar-refractivity contribution in [1.82, 2.24) is 19.5 Å². The second-order valence-corrected chi connectivity index (χ2v) is 8.24. The van der Waals surface area contributed by atoms with Gasteiger partial charge in [-0.2, -0.15) is 0 Å². The van der Waals surface area contributed by atoms with E-state index in [2.05, 4.69) is 124 Å². The molecule has 1 N–H and O–H groups in total. The van der Waals surface area contributed by atoms with Crippen LogP contribution in [0.2, 0.25) is 0 Å². The van der Waals surface area contributed by atoms with Gasteiger partial charge in [-0.05, 0) is 44.4 Å². The number of benzene rings is 3. The van der Waals surface area contributed by atoms with Gasteiger partial charge < -0.3 is 9.55 Å². The molecule has 0 amide bonds. The van der Waals surface area contributed by atoms with Gasteiger partial charge in [0.15, 0.2) is 0 Å². The number of nitrogens with one attached hydrogen (secondary N) is 1. The van der Waals surface area contributed by atoms with E-state index in [1.807, 2.05) is 26.2 Å². The zero-order valence-electron chi connectivity index (χ0n) is 19.7. The Kier molecular flexibility index (Phi) is 9.35. The fourth-order valence-corrected chi connectivity index (χ4v) is 4.53. The minimum absolute atomic E-state index is 0. The lowest BCUT2D eigenvalue weighted by Crippen LogP contribution is -2.39. The van der Waals surface area contributed by atoms with Crippen LogP contribution in [0.1, 0.15) is 54.6 Å². The van der Waals surface area contributed by atoms with Gasteiger partial charge in [0.2, 0.25) is 0 Å². The largest absolute Gasteiger partial charge is 0.346 e. The van der Waals surface area contributed by atoms with Crippen LogP contribution in [0.5, 0.6) is 0 Å². The van der Waals surface area contributed by atoms with Crippen LogP contribution in [0, 0.1) is 27.7 Å². The minimum atomic E-state index is -0.464. The molecule has 0 aliphatic carbocycles. The Morgan fingerprint density at radius 2 is 1.03 bits per heavy atom. The topological polar surface area (TPSA) is 46.5 Å². The van der Waals surface area contributed by atoms with Crippen LogP contribution in [-0.2, 0) is 5.54 Å². The molecule has 2 heterocycles. The molecule has 182 valence electrons. The second kappa shape index (κ2) is 12.0. The number of nitrogens with zero attached hydrogens (tertiary/aromatic N) is 3. The van der Waals surface area contributed by atoms with Crippen molar-refractivity contribution in [2.45, 2.75) is 48.1 Å². The summed E-state index contributed by atoms with van der Waals surface area (Å²) in [5, 5.41) is 0. The van der Waals surface area contributed by atoms with E-state index in [1.54, 1.807) is 0 Å². The first kappa shape index (κ1) is 27.3. The van der Waals surface area contributed by atoms with E-state index in [-0.39, 0.29) is 14.9 Å². The highest BCUT2D eigenvalue weighted by Gasteiger charge is 2.39. The highest BCUT2D eigenvalue weighted by atomic mass is 15.1. The van der Waals surface area contributed by atoms with Gasteiger partial charge in [-0.1, -0.05) is 106 Å². The van der Waals surface area contributed by atoms with E-state index in [9.17, 15) is 0 Å². The maximum absolute atomic E-state index is 4.62. The van der Waals surface area contributed by atoms with Crippen LogP contribution in [0.25, 0.3) is 0 Å². The van der Waals surface area contributed by atoms with Crippen molar-refractivity contribution in [3.63, 3.8) is 0 Å². The Bertz CT molecular complexity index is 1150. The van der Waals surface area contributed by atoms with Gasteiger partial charge in [0.25, 0.3) is 0 Å². The van der Waals surface area contributed by atoms with Crippen LogP contribution in [0.4, 0.5) is 0 Å². The Hall–Kier alpha value is -3.92. The Balaban J connectivity index is 0.000000417. The molecule has 3 aromatic carbocycles. The van der Waals surface area contributed by atoms with E-state index in [0.29, 0.717) is 0 Å². The summed E-state index contributed by atoms with van der Waals surface area (Å²) < 4.78 is 2.35. The maximum atomic E-state index is 4.62. The van der Waals surface area contributed by atoms with Gasteiger partial charge in [-0.15, -0.1) is 0 Å². The molecule has 0 saturated carbocycles. The van der Waals surface area contributed by atoms with Crippen molar-refractivity contribution in [3.8, 4) is 0 Å². The minimum Gasteiger partial charge on any atom is -0.346 e. The summed E-state index contributed by atoms with van der Waals surface area (Å²) in [4.78, 5) is 11.6. The third-order valence-corrected chi connectivity index (χ3v) is 5.85. The summed E-state index contributed by atoms with van der Waals surface area (Å²) >= 11 is 0. The summed E-state index contributed by atoms with van der Waals surface area (Å²) in [6.07, 6.45) is 3.77. The molecule has 0 aliphatic heterocycles. The fourth-order valence-electron chi connectivity index (χ4n) is 4.53. The quantitative estimate of drug-likeness (QED) is 0.277. The average Bonchev–Trinajstić information content (AvgIpc) is 3.40. The van der Waals surface area contributed by atoms with Crippen molar-refractivity contribution in [2.75, 3.05) is 0 Å². The number of imidazole rings is 2. The van der Waals surface area contributed by atoms with Crippen molar-refractivity contribution in [3.05, 3.63) is 143 Å². The molecule has 0 aliphatic rings. The molecule has 0 saturated heterocycles. The third kappa shape index (κ3) is 5.43. The SMILES string of the molecule is C.C.Cc1cnc(C)[nH]1.Cc1cnc(C)n1C(c1ccccc1)(c1ccccc1)c1ccccc1. The number of aryl methyl sites for hydroxylation is 4. The normalized spacial score (nSPS) is 10.4. The predicted octanol–water partition coefficient (Wildman–Crippen LogP) is 7.64. The van der Waals surface area contributed by atoms with Gasteiger partial charge in [0, 0.05) is 23.8 Å².